The molecular formula is C13H14F3N3O3S. The number of alkyl halides is 3. The van der Waals surface area contributed by atoms with Crippen molar-refractivity contribution in [1.82, 2.24) is 10.2 Å². The minimum Gasteiger partial charge on any atom is -0.494 e. The van der Waals surface area contributed by atoms with Crippen molar-refractivity contribution in [2.75, 3.05) is 11.3 Å². The Morgan fingerprint density at radius 1 is 1.26 bits per heavy atom. The lowest BCUT2D eigenvalue weighted by Crippen LogP contribution is -2.16. The molecule has 0 aliphatic heterocycles. The van der Waals surface area contributed by atoms with Crippen LogP contribution in [0.5, 0.6) is 5.75 Å². The monoisotopic (exact) mass is 349 g/mol. The summed E-state index contributed by atoms with van der Waals surface area (Å²) in [4.78, 5) is -0.185. The maximum atomic E-state index is 12.7. The number of benzene rings is 1. The van der Waals surface area contributed by atoms with Crippen LogP contribution < -0.4 is 9.46 Å². The molecule has 1 aromatic heterocycles. The first-order chi connectivity index (χ1) is 10.7. The molecule has 1 heterocycles. The number of ether oxygens (including phenoxy) is 1. The van der Waals surface area contributed by atoms with Crippen molar-refractivity contribution >= 4 is 15.7 Å². The van der Waals surface area contributed by atoms with E-state index in [1.54, 1.807) is 5.10 Å². The second-order valence-electron chi connectivity index (χ2n) is 4.58. The third-order valence-corrected chi connectivity index (χ3v) is 4.16. The molecule has 0 bridgehead atoms. The van der Waals surface area contributed by atoms with E-state index < -0.39 is 27.6 Å². The molecule has 0 amide bonds. The van der Waals surface area contributed by atoms with Crippen LogP contribution in [0, 0.1) is 0 Å². The second kappa shape index (κ2) is 6.49. The third kappa shape index (κ3) is 4.15. The van der Waals surface area contributed by atoms with Gasteiger partial charge in [0.1, 0.15) is 5.75 Å². The number of nitrogens with one attached hydrogen (secondary N) is 2. The molecule has 2 N–H and O–H groups in total. The van der Waals surface area contributed by atoms with Gasteiger partial charge < -0.3 is 4.74 Å². The molecule has 0 fully saturated rings. The zero-order valence-corrected chi connectivity index (χ0v) is 12.8. The van der Waals surface area contributed by atoms with Gasteiger partial charge in [-0.15, -0.1) is 0 Å². The predicted octanol–water partition coefficient (Wildman–Crippen LogP) is 3.02. The lowest BCUT2D eigenvalue weighted by molar-refractivity contribution is -0.140. The number of aromatic amines is 1. The summed E-state index contributed by atoms with van der Waals surface area (Å²) in [6, 6.07) is 5.37. The van der Waals surface area contributed by atoms with Crippen LogP contribution in [0.25, 0.3) is 0 Å². The normalized spacial score (nSPS) is 12.2. The Morgan fingerprint density at radius 3 is 2.48 bits per heavy atom. The highest BCUT2D eigenvalue weighted by Gasteiger charge is 2.36. The number of hydrogen-bond donors (Lipinski definition) is 2. The van der Waals surface area contributed by atoms with E-state index in [0.717, 1.165) is 12.6 Å². The van der Waals surface area contributed by atoms with Crippen LogP contribution in [0.3, 0.4) is 0 Å². The van der Waals surface area contributed by atoms with E-state index in [1.807, 2.05) is 11.6 Å². The molecule has 23 heavy (non-hydrogen) atoms. The van der Waals surface area contributed by atoms with Gasteiger partial charge in [0, 0.05) is 0 Å². The molecule has 126 valence electrons. The Labute approximate surface area is 130 Å². The predicted molar refractivity (Wildman–Crippen MR) is 76.6 cm³/mol. The SMILES string of the molecule is CCCOc1ccc(S(=O)(=O)Nc2cn[nH]c2C(F)(F)F)cc1. The summed E-state index contributed by atoms with van der Waals surface area (Å²) < 4.78 is 69.6. The highest BCUT2D eigenvalue weighted by atomic mass is 32.2. The Morgan fingerprint density at radius 2 is 1.91 bits per heavy atom. The van der Waals surface area contributed by atoms with Gasteiger partial charge in [0.05, 0.1) is 23.4 Å². The Kier molecular flexibility index (Phi) is 4.83. The minimum atomic E-state index is -4.74. The van der Waals surface area contributed by atoms with Crippen molar-refractivity contribution in [3.8, 4) is 5.75 Å². The summed E-state index contributed by atoms with van der Waals surface area (Å²) in [5.41, 5.74) is -1.92. The number of aromatic nitrogens is 2. The quantitative estimate of drug-likeness (QED) is 0.840. The Hall–Kier alpha value is -2.23. The van der Waals surface area contributed by atoms with E-state index in [1.165, 1.54) is 24.3 Å². The molecule has 0 saturated carbocycles. The molecule has 1 aromatic carbocycles. The van der Waals surface area contributed by atoms with Crippen molar-refractivity contribution in [3.05, 3.63) is 36.2 Å². The van der Waals surface area contributed by atoms with E-state index in [2.05, 4.69) is 5.10 Å². The zero-order chi connectivity index (χ0) is 17.1. The minimum absolute atomic E-state index is 0.185. The van der Waals surface area contributed by atoms with E-state index >= 15 is 0 Å². The van der Waals surface area contributed by atoms with Gasteiger partial charge in [-0.2, -0.15) is 18.3 Å². The molecule has 6 nitrogen and oxygen atoms in total. The van der Waals surface area contributed by atoms with E-state index in [9.17, 15) is 21.6 Å². The van der Waals surface area contributed by atoms with Crippen LogP contribution in [0.15, 0.2) is 35.4 Å². The number of hydrogen-bond acceptors (Lipinski definition) is 4. The summed E-state index contributed by atoms with van der Waals surface area (Å²) in [6.07, 6.45) is -3.19. The molecule has 0 radical (unpaired) electrons. The largest absolute Gasteiger partial charge is 0.494 e. The molecule has 2 rings (SSSR count). The van der Waals surface area contributed by atoms with E-state index in [4.69, 9.17) is 4.74 Å². The Balaban J connectivity index is 2.21. The third-order valence-electron chi connectivity index (χ3n) is 2.77. The van der Waals surface area contributed by atoms with Crippen molar-refractivity contribution < 1.29 is 26.3 Å². The molecule has 0 unspecified atom stereocenters. The number of anilines is 1. The summed E-state index contributed by atoms with van der Waals surface area (Å²) in [6.45, 7) is 2.40. The highest BCUT2D eigenvalue weighted by molar-refractivity contribution is 7.92. The fourth-order valence-corrected chi connectivity index (χ4v) is 2.77. The van der Waals surface area contributed by atoms with Gasteiger partial charge in [0.25, 0.3) is 10.0 Å². The first-order valence-electron chi connectivity index (χ1n) is 6.60. The van der Waals surface area contributed by atoms with Crippen LogP contribution >= 0.6 is 0 Å². The van der Waals surface area contributed by atoms with Crippen molar-refractivity contribution in [2.45, 2.75) is 24.4 Å². The van der Waals surface area contributed by atoms with Gasteiger partial charge in [0.2, 0.25) is 0 Å². The topological polar surface area (TPSA) is 84.1 Å². The molecule has 0 aliphatic rings. The van der Waals surface area contributed by atoms with Crippen molar-refractivity contribution in [1.29, 1.82) is 0 Å². The highest BCUT2D eigenvalue weighted by Crippen LogP contribution is 2.33. The van der Waals surface area contributed by atoms with Gasteiger partial charge in [-0.3, -0.25) is 9.82 Å². The second-order valence-corrected chi connectivity index (χ2v) is 6.26. The van der Waals surface area contributed by atoms with Gasteiger partial charge in [-0.05, 0) is 30.7 Å². The molecule has 0 saturated heterocycles. The van der Waals surface area contributed by atoms with Gasteiger partial charge in [-0.25, -0.2) is 8.42 Å². The molecular weight excluding hydrogens is 335 g/mol. The average Bonchev–Trinajstić information content (AvgIpc) is 2.93. The molecule has 10 heteroatoms. The molecule has 2 aromatic rings. The molecule has 0 atom stereocenters. The maximum absolute atomic E-state index is 12.7. The van der Waals surface area contributed by atoms with Crippen LogP contribution in [0.2, 0.25) is 0 Å². The van der Waals surface area contributed by atoms with Crippen molar-refractivity contribution in [3.63, 3.8) is 0 Å². The fourth-order valence-electron chi connectivity index (χ4n) is 1.72. The number of sulfonamides is 1. The van der Waals surface area contributed by atoms with Crippen LogP contribution in [0.4, 0.5) is 18.9 Å². The van der Waals surface area contributed by atoms with Crippen LogP contribution in [0.1, 0.15) is 19.0 Å². The van der Waals surface area contributed by atoms with Crippen molar-refractivity contribution in [2.24, 2.45) is 0 Å². The lowest BCUT2D eigenvalue weighted by atomic mass is 10.3. The summed E-state index contributed by atoms with van der Waals surface area (Å²) in [5, 5.41) is 4.95. The fraction of sp³-hybridized carbons (Fsp3) is 0.308. The average molecular weight is 349 g/mol. The standard InChI is InChI=1S/C13H14F3N3O3S/c1-2-7-22-9-3-5-10(6-4-9)23(20,21)19-11-8-17-18-12(11)13(14,15)16/h3-6,8,19H,2,7H2,1H3,(H,17,18). The first kappa shape index (κ1) is 17.1. The summed E-state index contributed by atoms with van der Waals surface area (Å²) in [5.74, 6) is 0.477. The van der Waals surface area contributed by atoms with Crippen LogP contribution in [-0.4, -0.2) is 25.2 Å². The summed E-state index contributed by atoms with van der Waals surface area (Å²) >= 11 is 0. The van der Waals surface area contributed by atoms with E-state index in [-0.39, 0.29) is 4.90 Å². The Bertz CT molecular complexity index is 755. The van der Waals surface area contributed by atoms with E-state index in [0.29, 0.717) is 12.4 Å². The molecule has 0 spiro atoms. The number of nitrogens with zero attached hydrogens (tertiary/aromatic N) is 1. The smallest absolute Gasteiger partial charge is 0.434 e. The summed E-state index contributed by atoms with van der Waals surface area (Å²) in [7, 11) is -4.17. The zero-order valence-electron chi connectivity index (χ0n) is 12.0. The maximum Gasteiger partial charge on any atom is 0.434 e. The van der Waals surface area contributed by atoms with Gasteiger partial charge in [0.15, 0.2) is 5.69 Å². The molecule has 0 aliphatic carbocycles. The lowest BCUT2D eigenvalue weighted by Gasteiger charge is -2.10. The van der Waals surface area contributed by atoms with Gasteiger partial charge in [-0.1, -0.05) is 6.92 Å². The first-order valence-corrected chi connectivity index (χ1v) is 8.08. The number of halogens is 3. The number of rotatable bonds is 6. The van der Waals surface area contributed by atoms with Gasteiger partial charge >= 0.3 is 6.18 Å². The van der Waals surface area contributed by atoms with Crippen LogP contribution in [-0.2, 0) is 16.2 Å². The number of H-pyrrole nitrogens is 1.